The third-order valence-electron chi connectivity index (χ3n) is 3.52. The number of rotatable bonds is 1. The lowest BCUT2D eigenvalue weighted by atomic mass is 10.1. The van der Waals surface area contributed by atoms with Crippen LogP contribution in [0, 0.1) is 24.7 Å². The molecule has 19 heavy (non-hydrogen) atoms. The number of hydrogen-bond donors (Lipinski definition) is 0. The lowest BCUT2D eigenvalue weighted by Crippen LogP contribution is -1.93. The lowest BCUT2D eigenvalue weighted by molar-refractivity contribution is 0.827. The summed E-state index contributed by atoms with van der Waals surface area (Å²) >= 11 is 0. The van der Waals surface area contributed by atoms with Crippen molar-refractivity contribution < 1.29 is 0 Å². The van der Waals surface area contributed by atoms with Crippen LogP contribution in [0.25, 0.3) is 21.8 Å². The number of nitrogens with zero attached hydrogens (tertiary/aromatic N) is 1. The fourth-order valence-corrected chi connectivity index (χ4v) is 2.62. The lowest BCUT2D eigenvalue weighted by Gasteiger charge is -2.03. The Hall–Kier alpha value is -2.64. The average molecular weight is 243 g/mol. The predicted molar refractivity (Wildman–Crippen MR) is 81.0 cm³/mol. The Morgan fingerprint density at radius 3 is 1.74 bits per heavy atom. The van der Waals surface area contributed by atoms with E-state index in [1.54, 1.807) is 0 Å². The fourth-order valence-electron chi connectivity index (χ4n) is 2.62. The Bertz CT molecular complexity index is 795. The molecule has 0 N–H and O–H groups in total. The highest BCUT2D eigenvalue weighted by molar-refractivity contribution is 6.08. The molecule has 0 aliphatic carbocycles. The van der Waals surface area contributed by atoms with E-state index in [-0.39, 0.29) is 0 Å². The Labute approximate surface area is 112 Å². The highest BCUT2D eigenvalue weighted by Crippen LogP contribution is 2.30. The summed E-state index contributed by atoms with van der Waals surface area (Å²) in [7, 11) is 0. The summed E-state index contributed by atoms with van der Waals surface area (Å²) in [5, 5.41) is 2.44. The number of terminal acetylenes is 2. The zero-order valence-electron chi connectivity index (χ0n) is 10.8. The zero-order valence-corrected chi connectivity index (χ0v) is 10.8. The van der Waals surface area contributed by atoms with Crippen LogP contribution in [-0.4, -0.2) is 4.57 Å². The van der Waals surface area contributed by atoms with Crippen molar-refractivity contribution in [2.75, 3.05) is 0 Å². The molecule has 1 heterocycles. The second-order valence-electron chi connectivity index (χ2n) is 4.50. The van der Waals surface area contributed by atoms with Crippen molar-refractivity contribution in [2.24, 2.45) is 0 Å². The molecule has 1 aromatic heterocycles. The van der Waals surface area contributed by atoms with E-state index in [1.165, 1.54) is 21.8 Å². The molecule has 3 aromatic rings. The molecular weight excluding hydrogens is 230 g/mol. The highest BCUT2D eigenvalue weighted by Gasteiger charge is 2.10. The van der Waals surface area contributed by atoms with Gasteiger partial charge in [-0.05, 0) is 31.2 Å². The first kappa shape index (κ1) is 11.5. The second-order valence-corrected chi connectivity index (χ2v) is 4.50. The molecule has 0 aliphatic heterocycles. The van der Waals surface area contributed by atoms with E-state index >= 15 is 0 Å². The fraction of sp³-hybridized carbons (Fsp3) is 0.111. The van der Waals surface area contributed by atoms with Gasteiger partial charge in [-0.3, -0.25) is 0 Å². The van der Waals surface area contributed by atoms with Gasteiger partial charge in [0.15, 0.2) is 0 Å². The maximum absolute atomic E-state index is 5.49. The molecule has 2 aromatic carbocycles. The Morgan fingerprint density at radius 2 is 1.37 bits per heavy atom. The van der Waals surface area contributed by atoms with Gasteiger partial charge in [0.25, 0.3) is 0 Å². The normalized spacial score (nSPS) is 10.5. The van der Waals surface area contributed by atoms with Crippen LogP contribution in [0.15, 0.2) is 36.4 Å². The molecule has 0 amide bonds. The van der Waals surface area contributed by atoms with Crippen LogP contribution in [0.3, 0.4) is 0 Å². The molecule has 0 aliphatic rings. The van der Waals surface area contributed by atoms with Crippen LogP contribution in [0.4, 0.5) is 0 Å². The summed E-state index contributed by atoms with van der Waals surface area (Å²) in [6.07, 6.45) is 11.0. The quantitative estimate of drug-likeness (QED) is 0.573. The van der Waals surface area contributed by atoms with Crippen molar-refractivity contribution in [1.82, 2.24) is 4.57 Å². The first-order valence-corrected chi connectivity index (χ1v) is 6.27. The van der Waals surface area contributed by atoms with Gasteiger partial charge in [0, 0.05) is 28.4 Å². The van der Waals surface area contributed by atoms with Crippen LogP contribution in [0.1, 0.15) is 18.1 Å². The number of aromatic nitrogens is 1. The molecule has 0 fully saturated rings. The monoisotopic (exact) mass is 243 g/mol. The minimum atomic E-state index is 0.891. The van der Waals surface area contributed by atoms with E-state index in [2.05, 4.69) is 47.6 Å². The molecule has 0 saturated heterocycles. The molecule has 0 radical (unpaired) electrons. The van der Waals surface area contributed by atoms with Gasteiger partial charge >= 0.3 is 0 Å². The van der Waals surface area contributed by atoms with Gasteiger partial charge in [-0.15, -0.1) is 12.8 Å². The van der Waals surface area contributed by atoms with E-state index in [0.29, 0.717) is 0 Å². The van der Waals surface area contributed by atoms with Gasteiger partial charge in [-0.25, -0.2) is 0 Å². The van der Waals surface area contributed by atoms with E-state index in [9.17, 15) is 0 Å². The molecule has 90 valence electrons. The van der Waals surface area contributed by atoms with Crippen molar-refractivity contribution in [3.63, 3.8) is 0 Å². The topological polar surface area (TPSA) is 4.93 Å². The first-order valence-electron chi connectivity index (χ1n) is 6.27. The molecule has 1 heteroatoms. The van der Waals surface area contributed by atoms with E-state index in [4.69, 9.17) is 12.8 Å². The minimum absolute atomic E-state index is 0.891. The largest absolute Gasteiger partial charge is 0.341 e. The molecule has 0 saturated carbocycles. The number of aryl methyl sites for hydroxylation is 1. The third kappa shape index (κ3) is 1.60. The summed E-state index contributed by atoms with van der Waals surface area (Å²) < 4.78 is 2.26. The maximum Gasteiger partial charge on any atom is 0.0503 e. The predicted octanol–water partition coefficient (Wildman–Crippen LogP) is 3.78. The first-order chi connectivity index (χ1) is 9.28. The standard InChI is InChI=1S/C18H13N/c1-4-13-7-9-15-16-10-8-14(5-2)12-18(16)19(6-3)17(15)11-13/h1-2,7-12H,6H2,3H3. The zero-order chi connectivity index (χ0) is 13.4. The maximum atomic E-state index is 5.49. The van der Waals surface area contributed by atoms with Crippen LogP contribution < -0.4 is 0 Å². The molecule has 0 atom stereocenters. The second kappa shape index (κ2) is 4.23. The van der Waals surface area contributed by atoms with Gasteiger partial charge < -0.3 is 4.57 Å². The number of hydrogen-bond acceptors (Lipinski definition) is 0. The van der Waals surface area contributed by atoms with Crippen molar-refractivity contribution in [1.29, 1.82) is 0 Å². The summed E-state index contributed by atoms with van der Waals surface area (Å²) in [5.74, 6) is 5.38. The van der Waals surface area contributed by atoms with Crippen LogP contribution in [0.5, 0.6) is 0 Å². The minimum Gasteiger partial charge on any atom is -0.341 e. The van der Waals surface area contributed by atoms with Crippen molar-refractivity contribution in [3.8, 4) is 24.7 Å². The smallest absolute Gasteiger partial charge is 0.0503 e. The Balaban J connectivity index is 2.51. The highest BCUT2D eigenvalue weighted by atomic mass is 15.0. The summed E-state index contributed by atoms with van der Waals surface area (Å²) in [5.41, 5.74) is 4.15. The van der Waals surface area contributed by atoms with Gasteiger partial charge in [-0.1, -0.05) is 24.0 Å². The number of benzene rings is 2. The Kier molecular flexibility index (Phi) is 2.55. The molecule has 0 bridgehead atoms. The van der Waals surface area contributed by atoms with Crippen molar-refractivity contribution in [3.05, 3.63) is 47.5 Å². The summed E-state index contributed by atoms with van der Waals surface area (Å²) in [6, 6.07) is 12.3. The van der Waals surface area contributed by atoms with Crippen molar-refractivity contribution >= 4 is 21.8 Å². The van der Waals surface area contributed by atoms with Crippen LogP contribution in [0.2, 0.25) is 0 Å². The van der Waals surface area contributed by atoms with Crippen LogP contribution in [-0.2, 0) is 6.54 Å². The number of fused-ring (bicyclic) bond motifs is 3. The molecule has 3 rings (SSSR count). The van der Waals surface area contributed by atoms with E-state index in [1.807, 2.05) is 12.1 Å². The summed E-state index contributed by atoms with van der Waals surface area (Å²) in [6.45, 7) is 3.02. The van der Waals surface area contributed by atoms with Gasteiger partial charge in [0.1, 0.15) is 0 Å². The van der Waals surface area contributed by atoms with E-state index in [0.717, 1.165) is 17.7 Å². The van der Waals surface area contributed by atoms with Gasteiger partial charge in [-0.2, -0.15) is 0 Å². The molecular formula is C18H13N. The van der Waals surface area contributed by atoms with Gasteiger partial charge in [0.05, 0.1) is 11.0 Å². The van der Waals surface area contributed by atoms with E-state index < -0.39 is 0 Å². The van der Waals surface area contributed by atoms with Crippen molar-refractivity contribution in [2.45, 2.75) is 13.5 Å². The molecule has 0 unspecified atom stereocenters. The third-order valence-corrected chi connectivity index (χ3v) is 3.52. The molecule has 1 nitrogen and oxygen atoms in total. The average Bonchev–Trinajstić information content (AvgIpc) is 2.78. The summed E-state index contributed by atoms with van der Waals surface area (Å²) in [4.78, 5) is 0. The molecule has 0 spiro atoms. The SMILES string of the molecule is C#Cc1ccc2c3ccc(C#C)cc3n(CC)c2c1. The van der Waals surface area contributed by atoms with Crippen LogP contribution >= 0.6 is 0 Å². The van der Waals surface area contributed by atoms with Gasteiger partial charge in [0.2, 0.25) is 0 Å². The Morgan fingerprint density at radius 1 is 0.895 bits per heavy atom.